The summed E-state index contributed by atoms with van der Waals surface area (Å²) in [5, 5.41) is 3.23. The van der Waals surface area contributed by atoms with Crippen LogP contribution in [-0.4, -0.2) is 0 Å². The Bertz CT molecular complexity index is 263. The standard InChI is InChI=1S/C11H15N/c1-3-4-9-12-11-8-6-5-7-10(11)2/h4-9,12H,3H2,1-2H3/b9-4+. The van der Waals surface area contributed by atoms with E-state index in [9.17, 15) is 0 Å². The van der Waals surface area contributed by atoms with Gasteiger partial charge < -0.3 is 5.32 Å². The average Bonchev–Trinajstić information content (AvgIpc) is 2.09. The number of benzene rings is 1. The van der Waals surface area contributed by atoms with Crippen LogP contribution in [0, 0.1) is 6.92 Å². The maximum atomic E-state index is 3.23. The highest BCUT2D eigenvalue weighted by Crippen LogP contribution is 2.12. The van der Waals surface area contributed by atoms with Crippen LogP contribution >= 0.6 is 0 Å². The fourth-order valence-electron chi connectivity index (χ4n) is 1.00. The highest BCUT2D eigenvalue weighted by molar-refractivity contribution is 5.51. The van der Waals surface area contributed by atoms with Crippen LogP contribution < -0.4 is 5.32 Å². The highest BCUT2D eigenvalue weighted by Gasteiger charge is 1.90. The van der Waals surface area contributed by atoms with Crippen molar-refractivity contribution in [3.05, 3.63) is 42.1 Å². The summed E-state index contributed by atoms with van der Waals surface area (Å²) in [5.74, 6) is 0. The smallest absolute Gasteiger partial charge is 0.0409 e. The van der Waals surface area contributed by atoms with Crippen molar-refractivity contribution in [2.75, 3.05) is 5.32 Å². The molecule has 0 aliphatic rings. The molecule has 1 nitrogen and oxygen atoms in total. The molecule has 0 saturated heterocycles. The van der Waals surface area contributed by atoms with Gasteiger partial charge in [0.15, 0.2) is 0 Å². The molecule has 0 radical (unpaired) electrons. The van der Waals surface area contributed by atoms with E-state index < -0.39 is 0 Å². The van der Waals surface area contributed by atoms with Crippen molar-refractivity contribution < 1.29 is 0 Å². The zero-order valence-electron chi connectivity index (χ0n) is 7.67. The predicted octanol–water partition coefficient (Wildman–Crippen LogP) is 3.33. The molecule has 0 fully saturated rings. The third kappa shape index (κ3) is 2.42. The van der Waals surface area contributed by atoms with Crippen LogP contribution in [0.2, 0.25) is 0 Å². The van der Waals surface area contributed by atoms with Crippen LogP contribution in [0.1, 0.15) is 18.9 Å². The first-order valence-electron chi connectivity index (χ1n) is 4.31. The molecular formula is C11H15N. The second-order valence-corrected chi connectivity index (χ2v) is 2.77. The summed E-state index contributed by atoms with van der Waals surface area (Å²) in [6, 6.07) is 8.26. The summed E-state index contributed by atoms with van der Waals surface area (Å²) in [5.41, 5.74) is 2.46. The number of nitrogens with one attached hydrogen (secondary N) is 1. The fourth-order valence-corrected chi connectivity index (χ4v) is 1.00. The fraction of sp³-hybridized carbons (Fsp3) is 0.273. The zero-order chi connectivity index (χ0) is 8.81. The first kappa shape index (κ1) is 8.85. The van der Waals surface area contributed by atoms with Crippen LogP contribution in [0.25, 0.3) is 0 Å². The van der Waals surface area contributed by atoms with Crippen molar-refractivity contribution in [3.63, 3.8) is 0 Å². The molecule has 0 unspecified atom stereocenters. The van der Waals surface area contributed by atoms with Crippen molar-refractivity contribution in [1.82, 2.24) is 0 Å². The van der Waals surface area contributed by atoms with Gasteiger partial charge in [-0.3, -0.25) is 0 Å². The predicted molar refractivity (Wildman–Crippen MR) is 54.2 cm³/mol. The lowest BCUT2D eigenvalue weighted by Crippen LogP contribution is -1.89. The topological polar surface area (TPSA) is 12.0 Å². The number of allylic oxidation sites excluding steroid dienone is 1. The van der Waals surface area contributed by atoms with E-state index in [0.717, 1.165) is 6.42 Å². The first-order valence-corrected chi connectivity index (χ1v) is 4.31. The van der Waals surface area contributed by atoms with E-state index in [-0.39, 0.29) is 0 Å². The van der Waals surface area contributed by atoms with Crippen LogP contribution in [0.3, 0.4) is 0 Å². The van der Waals surface area contributed by atoms with Gasteiger partial charge in [-0.25, -0.2) is 0 Å². The lowest BCUT2D eigenvalue weighted by Gasteiger charge is -2.03. The van der Waals surface area contributed by atoms with Gasteiger partial charge in [0.1, 0.15) is 0 Å². The van der Waals surface area contributed by atoms with Gasteiger partial charge in [-0.1, -0.05) is 31.2 Å². The van der Waals surface area contributed by atoms with Gasteiger partial charge in [-0.05, 0) is 31.2 Å². The van der Waals surface area contributed by atoms with Crippen molar-refractivity contribution in [1.29, 1.82) is 0 Å². The van der Waals surface area contributed by atoms with E-state index in [1.165, 1.54) is 11.3 Å². The van der Waals surface area contributed by atoms with Gasteiger partial charge >= 0.3 is 0 Å². The monoisotopic (exact) mass is 161 g/mol. The molecule has 0 heterocycles. The Hall–Kier alpha value is -1.24. The molecule has 0 amide bonds. The molecule has 0 aliphatic carbocycles. The third-order valence-electron chi connectivity index (χ3n) is 1.74. The minimum absolute atomic E-state index is 1.07. The quantitative estimate of drug-likeness (QED) is 0.717. The van der Waals surface area contributed by atoms with E-state index in [4.69, 9.17) is 0 Å². The summed E-state index contributed by atoms with van der Waals surface area (Å²) in [7, 11) is 0. The van der Waals surface area contributed by atoms with E-state index in [2.05, 4.69) is 37.4 Å². The van der Waals surface area contributed by atoms with E-state index >= 15 is 0 Å². The second kappa shape index (κ2) is 4.60. The summed E-state index contributed by atoms with van der Waals surface area (Å²) in [6.07, 6.45) is 5.16. The van der Waals surface area contributed by atoms with Gasteiger partial charge in [-0.2, -0.15) is 0 Å². The Morgan fingerprint density at radius 1 is 1.33 bits per heavy atom. The number of anilines is 1. The third-order valence-corrected chi connectivity index (χ3v) is 1.74. The average molecular weight is 161 g/mol. The van der Waals surface area contributed by atoms with Gasteiger partial charge in [0.25, 0.3) is 0 Å². The summed E-state index contributed by atoms with van der Waals surface area (Å²) in [6.45, 7) is 4.22. The maximum absolute atomic E-state index is 3.23. The summed E-state index contributed by atoms with van der Waals surface area (Å²) in [4.78, 5) is 0. The SMILES string of the molecule is CC/C=C/Nc1ccccc1C. The second-order valence-electron chi connectivity index (χ2n) is 2.77. The minimum atomic E-state index is 1.07. The molecule has 1 N–H and O–H groups in total. The van der Waals surface area contributed by atoms with Gasteiger partial charge in [0.2, 0.25) is 0 Å². The molecule has 1 rings (SSSR count). The molecule has 12 heavy (non-hydrogen) atoms. The van der Waals surface area contributed by atoms with Crippen LogP contribution in [0.15, 0.2) is 36.5 Å². The minimum Gasteiger partial charge on any atom is -0.362 e. The molecule has 1 aromatic rings. The number of aryl methyl sites for hydroxylation is 1. The van der Waals surface area contributed by atoms with E-state index in [1.54, 1.807) is 0 Å². The largest absolute Gasteiger partial charge is 0.362 e. The molecule has 1 heteroatoms. The number of hydrogen-bond acceptors (Lipinski definition) is 1. The van der Waals surface area contributed by atoms with Gasteiger partial charge in [-0.15, -0.1) is 0 Å². The molecule has 0 aliphatic heterocycles. The summed E-state index contributed by atoms with van der Waals surface area (Å²) < 4.78 is 0. The molecule has 0 spiro atoms. The molecule has 0 atom stereocenters. The van der Waals surface area contributed by atoms with Crippen molar-refractivity contribution in [2.24, 2.45) is 0 Å². The molecule has 0 bridgehead atoms. The lowest BCUT2D eigenvalue weighted by atomic mass is 10.2. The molecule has 0 aromatic heterocycles. The molecular weight excluding hydrogens is 146 g/mol. The molecule has 1 aromatic carbocycles. The van der Waals surface area contributed by atoms with Crippen molar-refractivity contribution >= 4 is 5.69 Å². The first-order chi connectivity index (χ1) is 5.84. The number of hydrogen-bond donors (Lipinski definition) is 1. The van der Waals surface area contributed by atoms with Gasteiger partial charge in [0.05, 0.1) is 0 Å². The van der Waals surface area contributed by atoms with Crippen molar-refractivity contribution in [2.45, 2.75) is 20.3 Å². The van der Waals surface area contributed by atoms with Crippen LogP contribution in [-0.2, 0) is 0 Å². The normalized spacial score (nSPS) is 10.5. The Kier molecular flexibility index (Phi) is 3.39. The van der Waals surface area contributed by atoms with Crippen molar-refractivity contribution in [3.8, 4) is 0 Å². The number of para-hydroxylation sites is 1. The zero-order valence-corrected chi connectivity index (χ0v) is 7.67. The Balaban J connectivity index is 2.63. The van der Waals surface area contributed by atoms with E-state index in [0.29, 0.717) is 0 Å². The molecule has 0 saturated carbocycles. The number of rotatable bonds is 3. The summed E-state index contributed by atoms with van der Waals surface area (Å²) >= 11 is 0. The van der Waals surface area contributed by atoms with Crippen LogP contribution in [0.4, 0.5) is 5.69 Å². The highest BCUT2D eigenvalue weighted by atomic mass is 14.8. The molecule has 64 valence electrons. The maximum Gasteiger partial charge on any atom is 0.0409 e. The Labute approximate surface area is 74.1 Å². The lowest BCUT2D eigenvalue weighted by molar-refractivity contribution is 1.22. The van der Waals surface area contributed by atoms with Gasteiger partial charge in [0, 0.05) is 5.69 Å². The van der Waals surface area contributed by atoms with Crippen LogP contribution in [0.5, 0.6) is 0 Å². The Morgan fingerprint density at radius 3 is 2.75 bits per heavy atom. The van der Waals surface area contributed by atoms with E-state index in [1.807, 2.05) is 18.3 Å². The Morgan fingerprint density at radius 2 is 2.08 bits per heavy atom.